The average molecular weight is 501 g/mol. The van der Waals surface area contributed by atoms with Gasteiger partial charge in [-0.2, -0.15) is 0 Å². The lowest BCUT2D eigenvalue weighted by Crippen LogP contribution is -2.31. The Morgan fingerprint density at radius 1 is 1.14 bits per heavy atom. The van der Waals surface area contributed by atoms with Gasteiger partial charge in [-0.1, -0.05) is 61.0 Å². The van der Waals surface area contributed by atoms with Gasteiger partial charge in [-0.3, -0.25) is 9.59 Å². The van der Waals surface area contributed by atoms with Gasteiger partial charge in [-0.05, 0) is 59.9 Å². The molecule has 2 atom stereocenters. The van der Waals surface area contributed by atoms with Crippen LogP contribution in [0.4, 0.5) is 0 Å². The van der Waals surface area contributed by atoms with Gasteiger partial charge in [-0.15, -0.1) is 6.42 Å². The molecule has 2 unspecified atom stereocenters. The van der Waals surface area contributed by atoms with Gasteiger partial charge >= 0.3 is 0 Å². The van der Waals surface area contributed by atoms with E-state index in [0.29, 0.717) is 51.6 Å². The largest absolute Gasteiger partial charge is 0.497 e. The number of carbonyl (C=O) groups is 2. The van der Waals surface area contributed by atoms with Gasteiger partial charge in [0.05, 0.1) is 13.0 Å². The minimum atomic E-state index is -0.644. The maximum atomic E-state index is 13.6. The SMILES string of the molecule is C#Cc1ccc(Cl)cc1C1=CC(=O)C(C(CCOC)C(=O)C(=C)c2ccc(C(=C)OC)cc2)C=C1C. The van der Waals surface area contributed by atoms with E-state index in [-0.39, 0.29) is 11.6 Å². The summed E-state index contributed by atoms with van der Waals surface area (Å²) in [6.07, 6.45) is 9.46. The number of methoxy groups -OCH3 is 2. The monoisotopic (exact) mass is 500 g/mol. The molecule has 3 rings (SSSR count). The first-order chi connectivity index (χ1) is 17.2. The molecule has 4 nitrogen and oxygen atoms in total. The molecule has 1 aliphatic rings. The number of hydrogen-bond donors (Lipinski definition) is 0. The molecule has 0 radical (unpaired) electrons. The molecule has 0 amide bonds. The minimum Gasteiger partial charge on any atom is -0.497 e. The van der Waals surface area contributed by atoms with Crippen molar-refractivity contribution < 1.29 is 19.1 Å². The molecule has 36 heavy (non-hydrogen) atoms. The van der Waals surface area contributed by atoms with Crippen LogP contribution in [-0.4, -0.2) is 32.4 Å². The molecule has 0 spiro atoms. The summed E-state index contributed by atoms with van der Waals surface area (Å²) in [5, 5.41) is 0.525. The van der Waals surface area contributed by atoms with Crippen LogP contribution in [0.5, 0.6) is 0 Å². The molecule has 0 fully saturated rings. The highest BCUT2D eigenvalue weighted by Gasteiger charge is 2.35. The Balaban J connectivity index is 1.92. The summed E-state index contributed by atoms with van der Waals surface area (Å²) in [4.78, 5) is 27.0. The zero-order valence-corrected chi connectivity index (χ0v) is 21.5. The Kier molecular flexibility index (Phi) is 8.88. The predicted octanol–water partition coefficient (Wildman–Crippen LogP) is 6.40. The van der Waals surface area contributed by atoms with E-state index < -0.39 is 11.8 Å². The molecule has 184 valence electrons. The molecular weight excluding hydrogens is 472 g/mol. The van der Waals surface area contributed by atoms with E-state index in [1.165, 1.54) is 0 Å². The number of hydrogen-bond acceptors (Lipinski definition) is 4. The zero-order valence-electron chi connectivity index (χ0n) is 20.8. The highest BCUT2D eigenvalue weighted by Crippen LogP contribution is 2.37. The first-order valence-electron chi connectivity index (χ1n) is 11.5. The fraction of sp³-hybridized carbons (Fsp3) is 0.226. The second-order valence-electron chi connectivity index (χ2n) is 8.61. The molecule has 0 N–H and O–H groups in total. The standard InChI is InChI=1S/C31H29ClO4/c1-7-22-12-13-25(32)17-28(22)27-18-30(33)29(16-19(27)2)26(14-15-35-5)31(34)20(3)23-8-10-24(11-9-23)21(4)36-6/h1,8-13,16-18,26,29H,3-4,14-15H2,2,5-6H3. The van der Waals surface area contributed by atoms with Crippen molar-refractivity contribution in [2.24, 2.45) is 11.8 Å². The molecule has 2 aromatic carbocycles. The smallest absolute Gasteiger partial charge is 0.167 e. The van der Waals surface area contributed by atoms with Crippen LogP contribution in [0.1, 0.15) is 35.6 Å². The second kappa shape index (κ2) is 11.9. The van der Waals surface area contributed by atoms with E-state index in [1.807, 2.05) is 25.1 Å². The number of rotatable bonds is 10. The van der Waals surface area contributed by atoms with Crippen molar-refractivity contribution in [1.82, 2.24) is 0 Å². The number of terminal acetylenes is 1. The van der Waals surface area contributed by atoms with Gasteiger partial charge in [-0.25, -0.2) is 0 Å². The van der Waals surface area contributed by atoms with E-state index in [0.717, 1.165) is 11.1 Å². The first-order valence-corrected chi connectivity index (χ1v) is 11.9. The predicted molar refractivity (Wildman–Crippen MR) is 146 cm³/mol. The van der Waals surface area contributed by atoms with Crippen molar-refractivity contribution in [3.05, 3.63) is 101 Å². The van der Waals surface area contributed by atoms with Crippen molar-refractivity contribution >= 4 is 40.1 Å². The van der Waals surface area contributed by atoms with Crippen molar-refractivity contribution in [2.45, 2.75) is 13.3 Å². The van der Waals surface area contributed by atoms with Crippen molar-refractivity contribution in [3.63, 3.8) is 0 Å². The molecule has 0 saturated heterocycles. The Hall–Kier alpha value is -3.65. The highest BCUT2D eigenvalue weighted by atomic mass is 35.5. The van der Waals surface area contributed by atoms with E-state index in [9.17, 15) is 9.59 Å². The zero-order chi connectivity index (χ0) is 26.4. The van der Waals surface area contributed by atoms with E-state index >= 15 is 0 Å². The van der Waals surface area contributed by atoms with Gasteiger partial charge in [0.2, 0.25) is 0 Å². The van der Waals surface area contributed by atoms with E-state index in [4.69, 9.17) is 27.5 Å². The summed E-state index contributed by atoms with van der Waals surface area (Å²) in [6, 6.07) is 12.5. The molecular formula is C31H29ClO4. The molecule has 0 aromatic heterocycles. The van der Waals surface area contributed by atoms with Gasteiger partial charge in [0.25, 0.3) is 0 Å². The summed E-state index contributed by atoms with van der Waals surface area (Å²) in [5.41, 5.74) is 4.73. The molecule has 5 heteroatoms. The third kappa shape index (κ3) is 5.76. The number of benzene rings is 2. The van der Waals surface area contributed by atoms with Gasteiger partial charge in [0, 0.05) is 41.4 Å². The third-order valence-electron chi connectivity index (χ3n) is 6.40. The van der Waals surface area contributed by atoms with Crippen LogP contribution in [0, 0.1) is 24.2 Å². The summed E-state index contributed by atoms with van der Waals surface area (Å²) >= 11 is 6.20. The molecule has 0 heterocycles. The summed E-state index contributed by atoms with van der Waals surface area (Å²) < 4.78 is 10.4. The van der Waals surface area contributed by atoms with Gasteiger partial charge in [0.1, 0.15) is 5.76 Å². The fourth-order valence-electron chi connectivity index (χ4n) is 4.32. The Bertz CT molecular complexity index is 1310. The lowest BCUT2D eigenvalue weighted by Gasteiger charge is -2.27. The van der Waals surface area contributed by atoms with Crippen LogP contribution in [0.25, 0.3) is 16.9 Å². The highest BCUT2D eigenvalue weighted by molar-refractivity contribution is 6.31. The lowest BCUT2D eigenvalue weighted by atomic mass is 9.75. The average Bonchev–Trinajstić information content (AvgIpc) is 2.89. The lowest BCUT2D eigenvalue weighted by molar-refractivity contribution is -0.125. The number of ketones is 2. The van der Waals surface area contributed by atoms with Crippen LogP contribution in [0.15, 0.2) is 73.3 Å². The maximum Gasteiger partial charge on any atom is 0.167 e. The van der Waals surface area contributed by atoms with Crippen molar-refractivity contribution in [3.8, 4) is 12.3 Å². The van der Waals surface area contributed by atoms with E-state index in [1.54, 1.807) is 50.6 Å². The molecule has 2 aromatic rings. The maximum absolute atomic E-state index is 13.6. The summed E-state index contributed by atoms with van der Waals surface area (Å²) in [5.74, 6) is 1.54. The quantitative estimate of drug-likeness (QED) is 0.215. The second-order valence-corrected chi connectivity index (χ2v) is 9.04. The summed E-state index contributed by atoms with van der Waals surface area (Å²) in [7, 11) is 3.12. The molecule has 0 aliphatic heterocycles. The van der Waals surface area contributed by atoms with Crippen molar-refractivity contribution in [2.75, 3.05) is 20.8 Å². The van der Waals surface area contributed by atoms with Crippen molar-refractivity contribution in [1.29, 1.82) is 0 Å². The van der Waals surface area contributed by atoms with Crippen LogP contribution >= 0.6 is 11.6 Å². The van der Waals surface area contributed by atoms with Crippen LogP contribution < -0.4 is 0 Å². The first kappa shape index (κ1) is 26.9. The Labute approximate surface area is 218 Å². The topological polar surface area (TPSA) is 52.6 Å². The Morgan fingerprint density at radius 3 is 2.42 bits per heavy atom. The van der Waals surface area contributed by atoms with Gasteiger partial charge in [0.15, 0.2) is 11.6 Å². The number of Topliss-reactive ketones (excluding diaryl/α,β-unsaturated/α-hetero) is 1. The Morgan fingerprint density at radius 2 is 1.81 bits per heavy atom. The van der Waals surface area contributed by atoms with Crippen LogP contribution in [-0.2, 0) is 19.1 Å². The third-order valence-corrected chi connectivity index (χ3v) is 6.63. The number of halogens is 1. The van der Waals surface area contributed by atoms with Crippen LogP contribution in [0.2, 0.25) is 5.02 Å². The number of carbonyl (C=O) groups excluding carboxylic acids is 2. The number of allylic oxidation sites excluding steroid dienone is 5. The normalized spacial score (nSPS) is 15.9. The molecule has 1 aliphatic carbocycles. The fourth-order valence-corrected chi connectivity index (χ4v) is 4.50. The number of ether oxygens (including phenoxy) is 2. The van der Waals surface area contributed by atoms with Crippen LogP contribution in [0.3, 0.4) is 0 Å². The van der Waals surface area contributed by atoms with Gasteiger partial charge < -0.3 is 9.47 Å². The summed E-state index contributed by atoms with van der Waals surface area (Å²) in [6.45, 7) is 10.1. The molecule has 0 saturated carbocycles. The van der Waals surface area contributed by atoms with E-state index in [2.05, 4.69) is 19.1 Å². The minimum absolute atomic E-state index is 0.174. The molecule has 0 bridgehead atoms.